The van der Waals surface area contributed by atoms with E-state index in [1.165, 1.54) is 0 Å². The minimum atomic E-state index is -1.07. The maximum atomic E-state index is 6.69. The highest BCUT2D eigenvalue weighted by Gasteiger charge is 2.70. The summed E-state index contributed by atoms with van der Waals surface area (Å²) >= 11 is 5.48. The summed E-state index contributed by atoms with van der Waals surface area (Å²) in [5, 5.41) is 0.0615. The fraction of sp³-hybridized carbons (Fsp3) is 0.286. The van der Waals surface area contributed by atoms with Gasteiger partial charge in [-0.25, -0.2) is 0 Å². The van der Waals surface area contributed by atoms with Crippen LogP contribution >= 0.6 is 12.2 Å². The molecule has 2 aliphatic rings. The van der Waals surface area contributed by atoms with Crippen LogP contribution in [0.2, 0.25) is 0 Å². The molecule has 2 fully saturated rings. The van der Waals surface area contributed by atoms with Crippen molar-refractivity contribution >= 4 is 17.5 Å². The highest BCUT2D eigenvalue weighted by molar-refractivity contribution is 7.79. The fourth-order valence-electron chi connectivity index (χ4n) is 5.62. The van der Waals surface area contributed by atoms with Crippen molar-refractivity contribution in [3.05, 3.63) is 144 Å². The molecule has 6 rings (SSSR count). The fourth-order valence-corrected chi connectivity index (χ4v) is 5.88. The minimum absolute atomic E-state index is 0.0615. The Hall–Kier alpha value is -3.59. The molecule has 0 aromatic heterocycles. The third-order valence-electron chi connectivity index (χ3n) is 7.66. The molecule has 1 aliphatic heterocycles. The lowest BCUT2D eigenvalue weighted by molar-refractivity contribution is -0.164. The first-order chi connectivity index (χ1) is 20.7. The van der Waals surface area contributed by atoms with Crippen LogP contribution in [0.1, 0.15) is 22.3 Å². The molecule has 0 N–H and O–H groups in total. The number of rotatable bonds is 13. The van der Waals surface area contributed by atoms with Crippen LogP contribution in [0, 0.1) is 0 Å². The van der Waals surface area contributed by atoms with E-state index in [0.717, 1.165) is 22.3 Å². The molecule has 4 aromatic carbocycles. The highest BCUT2D eigenvalue weighted by Crippen LogP contribution is 2.47. The molecule has 216 valence electrons. The smallest absolute Gasteiger partial charge is 0.353 e. The second-order valence-corrected chi connectivity index (χ2v) is 10.9. The molecule has 0 unspecified atom stereocenters. The quantitative estimate of drug-likeness (QED) is 0.169. The number of thiocarbonyl (C=S) groups is 1. The van der Waals surface area contributed by atoms with E-state index in [4.69, 9.17) is 40.6 Å². The lowest BCUT2D eigenvalue weighted by Crippen LogP contribution is -2.52. The number of ether oxygens (including phenoxy) is 6. The first kappa shape index (κ1) is 28.5. The molecule has 5 atom stereocenters. The second-order valence-electron chi connectivity index (χ2n) is 10.6. The van der Waals surface area contributed by atoms with Gasteiger partial charge in [0.25, 0.3) is 0 Å². The van der Waals surface area contributed by atoms with Gasteiger partial charge >= 0.3 is 5.24 Å². The van der Waals surface area contributed by atoms with Gasteiger partial charge in [-0.3, -0.25) is 0 Å². The topological polar surface area (TPSA) is 55.4 Å². The third-order valence-corrected chi connectivity index (χ3v) is 7.84. The average molecular weight is 583 g/mol. The molecule has 0 radical (unpaired) electrons. The summed E-state index contributed by atoms with van der Waals surface area (Å²) in [6, 6.07) is 40.2. The van der Waals surface area contributed by atoms with E-state index in [9.17, 15) is 0 Å². The zero-order valence-corrected chi connectivity index (χ0v) is 24.1. The SMILES string of the molecule is S=C1O[C@@H]2[C@H](OCc3ccccc3)[C@@H](OCc3ccccc3)[C@H](OCc3ccccc3)[C@]2(COCc2ccccc2)O1. The van der Waals surface area contributed by atoms with E-state index < -0.39 is 30.0 Å². The van der Waals surface area contributed by atoms with Gasteiger partial charge in [-0.05, 0) is 22.3 Å². The van der Waals surface area contributed by atoms with Crippen LogP contribution < -0.4 is 0 Å². The van der Waals surface area contributed by atoms with Crippen molar-refractivity contribution in [3.63, 3.8) is 0 Å². The predicted octanol–water partition coefficient (Wildman–Crippen LogP) is 6.41. The Morgan fingerprint density at radius 3 is 1.48 bits per heavy atom. The van der Waals surface area contributed by atoms with Gasteiger partial charge in [0.2, 0.25) is 5.60 Å². The molecule has 1 saturated carbocycles. The molecular formula is C35H34O6S. The van der Waals surface area contributed by atoms with Crippen molar-refractivity contribution in [2.45, 2.75) is 56.4 Å². The number of fused-ring (bicyclic) bond motifs is 1. The Balaban J connectivity index is 1.31. The first-order valence-electron chi connectivity index (χ1n) is 14.2. The van der Waals surface area contributed by atoms with Gasteiger partial charge in [0.05, 0.1) is 33.0 Å². The molecule has 0 amide bonds. The molecule has 1 saturated heterocycles. The van der Waals surface area contributed by atoms with Crippen molar-refractivity contribution in [1.29, 1.82) is 0 Å². The van der Waals surface area contributed by atoms with Crippen molar-refractivity contribution in [2.75, 3.05) is 6.61 Å². The Labute approximate surface area is 252 Å². The number of hydrogen-bond donors (Lipinski definition) is 0. The summed E-state index contributed by atoms with van der Waals surface area (Å²) in [4.78, 5) is 0. The van der Waals surface area contributed by atoms with Crippen molar-refractivity contribution < 1.29 is 28.4 Å². The third kappa shape index (κ3) is 6.56. The molecule has 6 nitrogen and oxygen atoms in total. The van der Waals surface area contributed by atoms with E-state index in [1.807, 2.05) is 121 Å². The lowest BCUT2D eigenvalue weighted by atomic mass is 9.97. The van der Waals surface area contributed by atoms with E-state index in [2.05, 4.69) is 0 Å². The second kappa shape index (κ2) is 13.6. The van der Waals surface area contributed by atoms with Gasteiger partial charge in [-0.1, -0.05) is 121 Å². The van der Waals surface area contributed by atoms with Crippen molar-refractivity contribution in [2.24, 2.45) is 0 Å². The Morgan fingerprint density at radius 2 is 0.976 bits per heavy atom. The van der Waals surface area contributed by atoms with E-state index >= 15 is 0 Å². The van der Waals surface area contributed by atoms with Gasteiger partial charge in [0.1, 0.15) is 18.3 Å². The Bertz CT molecular complexity index is 1400. The summed E-state index contributed by atoms with van der Waals surface area (Å²) in [5.41, 5.74) is 3.11. The largest absolute Gasteiger partial charge is 0.446 e. The van der Waals surface area contributed by atoms with Gasteiger partial charge in [0.15, 0.2) is 6.10 Å². The average Bonchev–Trinajstić information content (AvgIpc) is 3.48. The Kier molecular flexibility index (Phi) is 9.23. The summed E-state index contributed by atoms with van der Waals surface area (Å²) in [6.45, 7) is 1.69. The summed E-state index contributed by atoms with van der Waals surface area (Å²) in [7, 11) is 0. The summed E-state index contributed by atoms with van der Waals surface area (Å²) < 4.78 is 38.8. The molecular weight excluding hydrogens is 548 g/mol. The van der Waals surface area contributed by atoms with Crippen molar-refractivity contribution in [3.8, 4) is 0 Å². The summed E-state index contributed by atoms with van der Waals surface area (Å²) in [6.07, 6.45) is -2.24. The molecule has 0 bridgehead atoms. The van der Waals surface area contributed by atoms with E-state index in [-0.39, 0.29) is 11.8 Å². The van der Waals surface area contributed by atoms with Gasteiger partial charge < -0.3 is 28.4 Å². The van der Waals surface area contributed by atoms with Crippen LogP contribution in [0.5, 0.6) is 0 Å². The zero-order chi connectivity index (χ0) is 28.6. The summed E-state index contributed by atoms with van der Waals surface area (Å²) in [5.74, 6) is 0. The Morgan fingerprint density at radius 1 is 0.548 bits per heavy atom. The number of hydrogen-bond acceptors (Lipinski definition) is 7. The zero-order valence-electron chi connectivity index (χ0n) is 23.2. The van der Waals surface area contributed by atoms with Crippen LogP contribution in [0.3, 0.4) is 0 Å². The maximum absolute atomic E-state index is 6.69. The molecule has 1 aliphatic carbocycles. The molecule has 0 spiro atoms. The van der Waals surface area contributed by atoms with E-state index in [1.54, 1.807) is 0 Å². The molecule has 4 aromatic rings. The molecule has 1 heterocycles. The normalized spacial score (nSPS) is 24.6. The van der Waals surface area contributed by atoms with Gasteiger partial charge in [0, 0.05) is 12.2 Å². The lowest BCUT2D eigenvalue weighted by Gasteiger charge is -2.33. The monoisotopic (exact) mass is 582 g/mol. The van der Waals surface area contributed by atoms with Crippen LogP contribution in [-0.4, -0.2) is 41.9 Å². The van der Waals surface area contributed by atoms with Crippen LogP contribution in [0.25, 0.3) is 0 Å². The van der Waals surface area contributed by atoms with Crippen LogP contribution in [0.15, 0.2) is 121 Å². The van der Waals surface area contributed by atoms with Gasteiger partial charge in [-0.15, -0.1) is 0 Å². The molecule has 42 heavy (non-hydrogen) atoms. The highest BCUT2D eigenvalue weighted by atomic mass is 32.1. The van der Waals surface area contributed by atoms with Gasteiger partial charge in [-0.2, -0.15) is 0 Å². The number of benzene rings is 4. The molecule has 7 heteroatoms. The standard InChI is InChI=1S/C35H34O6S/c42-34-40-33-31(38-23-28-17-9-3-10-18-28)30(37-22-27-15-7-2-8-16-27)32(39-24-29-19-11-4-12-20-29)35(33,41-34)25-36-21-26-13-5-1-6-14-26/h1-20,30-33H,21-25H2/t30-,31-,32+,33-,35+/m1/s1. The van der Waals surface area contributed by atoms with Crippen molar-refractivity contribution in [1.82, 2.24) is 0 Å². The maximum Gasteiger partial charge on any atom is 0.353 e. The first-order valence-corrected chi connectivity index (χ1v) is 14.6. The van der Waals surface area contributed by atoms with Crippen LogP contribution in [-0.2, 0) is 54.8 Å². The van der Waals surface area contributed by atoms with Crippen LogP contribution in [0.4, 0.5) is 0 Å². The minimum Gasteiger partial charge on any atom is -0.446 e. The predicted molar refractivity (Wildman–Crippen MR) is 162 cm³/mol. The van der Waals surface area contributed by atoms with E-state index in [0.29, 0.717) is 26.4 Å².